The molecule has 0 spiro atoms. The average Bonchev–Trinajstić information content (AvgIpc) is 3.21. The highest BCUT2D eigenvalue weighted by Gasteiger charge is 2.19. The van der Waals surface area contributed by atoms with Gasteiger partial charge in [0.15, 0.2) is 0 Å². The van der Waals surface area contributed by atoms with E-state index in [-0.39, 0.29) is 16.4 Å². The van der Waals surface area contributed by atoms with Crippen LogP contribution < -0.4 is 15.6 Å². The van der Waals surface area contributed by atoms with E-state index in [1.54, 1.807) is 22.8 Å². The van der Waals surface area contributed by atoms with Crippen LogP contribution in [0, 0.1) is 0 Å². The summed E-state index contributed by atoms with van der Waals surface area (Å²) in [7, 11) is -3.71. The molecule has 0 fully saturated rings. The van der Waals surface area contributed by atoms with E-state index >= 15 is 0 Å². The predicted octanol–water partition coefficient (Wildman–Crippen LogP) is 2.85. The molecule has 0 atom stereocenters. The van der Waals surface area contributed by atoms with Crippen LogP contribution in [0.4, 0.5) is 5.69 Å². The first-order valence-corrected chi connectivity index (χ1v) is 12.9. The van der Waals surface area contributed by atoms with E-state index in [2.05, 4.69) is 20.0 Å². The lowest BCUT2D eigenvalue weighted by Gasteiger charge is -2.11. The molecule has 2 aromatic carbocycles. The third kappa shape index (κ3) is 4.45. The van der Waals surface area contributed by atoms with Gasteiger partial charge < -0.3 is 5.32 Å². The molecule has 176 valence electrons. The first kappa shape index (κ1) is 22.3. The van der Waals surface area contributed by atoms with E-state index < -0.39 is 10.0 Å². The number of nitrogens with zero attached hydrogens (tertiary/aromatic N) is 3. The van der Waals surface area contributed by atoms with Crippen LogP contribution in [0.1, 0.15) is 48.3 Å². The van der Waals surface area contributed by atoms with Gasteiger partial charge in [-0.3, -0.25) is 23.9 Å². The third-order valence-corrected chi connectivity index (χ3v) is 7.52. The van der Waals surface area contributed by atoms with Gasteiger partial charge in [-0.1, -0.05) is 6.42 Å². The Morgan fingerprint density at radius 3 is 2.56 bits per heavy atom. The Labute approximate surface area is 197 Å². The van der Waals surface area contributed by atoms with E-state index in [9.17, 15) is 18.0 Å². The lowest BCUT2D eigenvalue weighted by Crippen LogP contribution is -2.29. The van der Waals surface area contributed by atoms with Crippen LogP contribution in [-0.4, -0.2) is 36.3 Å². The number of fused-ring (bicyclic) bond motifs is 2. The topological polar surface area (TPSA) is 123 Å². The molecule has 2 N–H and O–H groups in total. The molecule has 0 unspecified atom stereocenters. The van der Waals surface area contributed by atoms with Crippen LogP contribution in [0.15, 0.2) is 57.1 Å². The minimum absolute atomic E-state index is 0.0668. The van der Waals surface area contributed by atoms with Crippen molar-refractivity contribution in [1.29, 1.82) is 0 Å². The largest absolute Gasteiger partial charge is 0.322 e. The lowest BCUT2D eigenvalue weighted by molar-refractivity contribution is 0.102. The highest BCUT2D eigenvalue weighted by Crippen LogP contribution is 2.19. The number of hydrogen-bond donors (Lipinski definition) is 2. The standard InChI is InChI=1S/C24H25N5O4S/c30-23(26-17-8-10-18(11-9-17)34(32,33)28-21-5-4-13-25-21)16-7-12-19-20(15-16)27-22-6-2-1-3-14-29(22)24(19)31/h7-12,15H,1-6,13-14H2,(H,25,28)(H,26,30). The van der Waals surface area contributed by atoms with E-state index in [1.165, 1.54) is 24.3 Å². The normalized spacial score (nSPS) is 15.9. The lowest BCUT2D eigenvalue weighted by atomic mass is 10.1. The Hall–Kier alpha value is -3.53. The molecule has 3 heterocycles. The number of sulfonamides is 1. The summed E-state index contributed by atoms with van der Waals surface area (Å²) in [5.41, 5.74) is 1.27. The van der Waals surface area contributed by atoms with Gasteiger partial charge in [0.1, 0.15) is 11.7 Å². The molecule has 2 aliphatic heterocycles. The Bertz CT molecular complexity index is 1460. The molecule has 0 bridgehead atoms. The summed E-state index contributed by atoms with van der Waals surface area (Å²) in [4.78, 5) is 34.6. The van der Waals surface area contributed by atoms with Crippen molar-refractivity contribution in [1.82, 2.24) is 14.3 Å². The summed E-state index contributed by atoms with van der Waals surface area (Å²) in [5, 5.41) is 3.27. The second-order valence-electron chi connectivity index (χ2n) is 8.54. The van der Waals surface area contributed by atoms with Gasteiger partial charge in [0.05, 0.1) is 15.8 Å². The summed E-state index contributed by atoms with van der Waals surface area (Å²) in [5.74, 6) is 0.869. The van der Waals surface area contributed by atoms with Crippen LogP contribution in [0.5, 0.6) is 0 Å². The fourth-order valence-corrected chi connectivity index (χ4v) is 5.41. The number of aromatic nitrogens is 2. The van der Waals surface area contributed by atoms with Gasteiger partial charge in [-0.25, -0.2) is 13.4 Å². The van der Waals surface area contributed by atoms with Crippen molar-refractivity contribution < 1.29 is 13.2 Å². The van der Waals surface area contributed by atoms with Gasteiger partial charge in [0.2, 0.25) is 0 Å². The molecule has 10 heteroatoms. The number of benzene rings is 2. The number of carbonyl (C=O) groups is 1. The van der Waals surface area contributed by atoms with E-state index in [4.69, 9.17) is 0 Å². The van der Waals surface area contributed by atoms with Gasteiger partial charge in [0.25, 0.3) is 21.5 Å². The number of aliphatic imine (C=N–C) groups is 1. The summed E-state index contributed by atoms with van der Waals surface area (Å²) in [6, 6.07) is 10.8. The molecule has 0 radical (unpaired) electrons. The van der Waals surface area contributed by atoms with Crippen LogP contribution in [0.3, 0.4) is 0 Å². The number of carbonyl (C=O) groups excluding carboxylic acids is 1. The van der Waals surface area contributed by atoms with E-state index in [0.717, 1.165) is 37.9 Å². The molecule has 0 saturated carbocycles. The van der Waals surface area contributed by atoms with E-state index in [1.807, 2.05) is 0 Å². The Balaban J connectivity index is 1.34. The van der Waals surface area contributed by atoms with Crippen molar-refractivity contribution in [2.75, 3.05) is 11.9 Å². The Morgan fingerprint density at radius 2 is 1.79 bits per heavy atom. The summed E-state index contributed by atoms with van der Waals surface area (Å²) in [6.45, 7) is 1.30. The van der Waals surface area contributed by atoms with Crippen molar-refractivity contribution in [3.63, 3.8) is 0 Å². The maximum atomic E-state index is 12.9. The molecular formula is C24H25N5O4S. The minimum atomic E-state index is -3.71. The van der Waals surface area contributed by atoms with Gasteiger partial charge in [-0.2, -0.15) is 0 Å². The van der Waals surface area contributed by atoms with Crippen molar-refractivity contribution in [3.05, 3.63) is 64.2 Å². The number of amidine groups is 1. The quantitative estimate of drug-likeness (QED) is 0.596. The van der Waals surface area contributed by atoms with Gasteiger partial charge in [-0.05, 0) is 61.7 Å². The summed E-state index contributed by atoms with van der Waals surface area (Å²) in [6.07, 6.45) is 5.23. The monoisotopic (exact) mass is 479 g/mol. The highest BCUT2D eigenvalue weighted by atomic mass is 32.2. The molecular weight excluding hydrogens is 454 g/mol. The molecule has 1 amide bonds. The molecule has 34 heavy (non-hydrogen) atoms. The number of hydrogen-bond acceptors (Lipinski definition) is 6. The number of nitrogens with one attached hydrogen (secondary N) is 2. The molecule has 2 aliphatic rings. The first-order valence-electron chi connectivity index (χ1n) is 11.4. The molecule has 3 aromatic rings. The fraction of sp³-hybridized carbons (Fsp3) is 0.333. The van der Waals surface area contributed by atoms with Crippen LogP contribution in [0.2, 0.25) is 0 Å². The van der Waals surface area contributed by atoms with Crippen molar-refractivity contribution >= 4 is 38.4 Å². The zero-order valence-corrected chi connectivity index (χ0v) is 19.4. The minimum Gasteiger partial charge on any atom is -0.322 e. The molecule has 0 saturated heterocycles. The molecule has 5 rings (SSSR count). The van der Waals surface area contributed by atoms with Crippen molar-refractivity contribution in [3.8, 4) is 0 Å². The smallest absolute Gasteiger partial charge is 0.262 e. The third-order valence-electron chi connectivity index (χ3n) is 6.13. The number of aryl methyl sites for hydroxylation is 1. The first-order chi connectivity index (χ1) is 16.4. The van der Waals surface area contributed by atoms with Gasteiger partial charge in [-0.15, -0.1) is 0 Å². The predicted molar refractivity (Wildman–Crippen MR) is 130 cm³/mol. The molecule has 9 nitrogen and oxygen atoms in total. The second-order valence-corrected chi connectivity index (χ2v) is 10.2. The Morgan fingerprint density at radius 1 is 0.971 bits per heavy atom. The van der Waals surface area contributed by atoms with Crippen LogP contribution in [0.25, 0.3) is 10.9 Å². The van der Waals surface area contributed by atoms with Crippen LogP contribution >= 0.6 is 0 Å². The van der Waals surface area contributed by atoms with E-state index in [0.29, 0.717) is 47.5 Å². The molecule has 0 aliphatic carbocycles. The average molecular weight is 480 g/mol. The van der Waals surface area contributed by atoms with Gasteiger partial charge >= 0.3 is 0 Å². The zero-order chi connectivity index (χ0) is 23.7. The maximum absolute atomic E-state index is 12.9. The maximum Gasteiger partial charge on any atom is 0.262 e. The number of anilines is 1. The van der Waals surface area contributed by atoms with Gasteiger partial charge in [0, 0.05) is 37.2 Å². The molecule has 1 aromatic heterocycles. The number of amides is 1. The SMILES string of the molecule is O=C(Nc1ccc(S(=O)(=O)NC2=NCCC2)cc1)c1ccc2c(=O)n3c(nc2c1)CCCCC3. The van der Waals surface area contributed by atoms with Crippen molar-refractivity contribution in [2.24, 2.45) is 4.99 Å². The second kappa shape index (κ2) is 9.02. The fourth-order valence-electron chi connectivity index (χ4n) is 4.32. The van der Waals surface area contributed by atoms with Crippen LogP contribution in [-0.2, 0) is 23.0 Å². The zero-order valence-electron chi connectivity index (χ0n) is 18.6. The summed E-state index contributed by atoms with van der Waals surface area (Å²) >= 11 is 0. The highest BCUT2D eigenvalue weighted by molar-refractivity contribution is 7.90. The number of rotatable bonds is 4. The Kier molecular flexibility index (Phi) is 5.91. The van der Waals surface area contributed by atoms with Crippen molar-refractivity contribution in [2.45, 2.75) is 50.0 Å². The summed E-state index contributed by atoms with van der Waals surface area (Å²) < 4.78 is 29.3.